The van der Waals surface area contributed by atoms with Crippen molar-refractivity contribution in [2.45, 2.75) is 33.6 Å². The summed E-state index contributed by atoms with van der Waals surface area (Å²) in [7, 11) is 0. The molecule has 0 bridgehead atoms. The second-order valence-electron chi connectivity index (χ2n) is 6.16. The molecule has 0 radical (unpaired) electrons. The second kappa shape index (κ2) is 6.36. The van der Waals surface area contributed by atoms with Crippen LogP contribution in [-0.2, 0) is 0 Å². The summed E-state index contributed by atoms with van der Waals surface area (Å²) in [4.78, 5) is 23.4. The molecule has 0 spiro atoms. The van der Waals surface area contributed by atoms with Gasteiger partial charge in [0.25, 0.3) is 5.91 Å². The number of hydrogen-bond acceptors (Lipinski definition) is 4. The molecule has 2 aromatic rings. The van der Waals surface area contributed by atoms with Crippen LogP contribution >= 0.6 is 0 Å². The summed E-state index contributed by atoms with van der Waals surface area (Å²) < 4.78 is 0. The third-order valence-corrected chi connectivity index (χ3v) is 4.18. The maximum absolute atomic E-state index is 12.6. The molecule has 120 valence electrons. The monoisotopic (exact) mass is 310 g/mol. The van der Waals surface area contributed by atoms with Gasteiger partial charge < -0.3 is 10.2 Å². The molecule has 1 saturated heterocycles. The fourth-order valence-electron chi connectivity index (χ4n) is 3.10. The van der Waals surface area contributed by atoms with E-state index in [1.807, 2.05) is 13.8 Å². The van der Waals surface area contributed by atoms with Crippen molar-refractivity contribution in [2.75, 3.05) is 23.3 Å². The van der Waals surface area contributed by atoms with Crippen LogP contribution in [0.5, 0.6) is 0 Å². The van der Waals surface area contributed by atoms with Crippen molar-refractivity contribution >= 4 is 17.5 Å². The number of rotatable bonds is 3. The number of aromatic nitrogens is 2. The molecule has 1 aliphatic rings. The standard InChI is InChI=1S/C18H22N4O/c1-12-10-13(2)16(14(3)11-12)21-17(23)15-6-7-19-18(20-15)22-8-4-5-9-22/h6-7,10-11H,4-5,8-9H2,1-3H3,(H,21,23). The summed E-state index contributed by atoms with van der Waals surface area (Å²) >= 11 is 0. The predicted molar refractivity (Wildman–Crippen MR) is 92.1 cm³/mol. The van der Waals surface area contributed by atoms with Crippen LogP contribution in [0.4, 0.5) is 11.6 Å². The van der Waals surface area contributed by atoms with Crippen LogP contribution in [0.1, 0.15) is 40.0 Å². The molecule has 1 aliphatic heterocycles. The second-order valence-corrected chi connectivity index (χ2v) is 6.16. The highest BCUT2D eigenvalue weighted by Gasteiger charge is 2.17. The summed E-state index contributed by atoms with van der Waals surface area (Å²) in [5, 5.41) is 2.99. The van der Waals surface area contributed by atoms with Gasteiger partial charge >= 0.3 is 0 Å². The molecule has 2 heterocycles. The van der Waals surface area contributed by atoms with Crippen LogP contribution in [0, 0.1) is 20.8 Å². The summed E-state index contributed by atoms with van der Waals surface area (Å²) in [6.07, 6.45) is 3.97. The Kier molecular flexibility index (Phi) is 4.28. The van der Waals surface area contributed by atoms with Crippen molar-refractivity contribution in [2.24, 2.45) is 0 Å². The Morgan fingerprint density at radius 1 is 1.13 bits per heavy atom. The molecule has 0 saturated carbocycles. The zero-order chi connectivity index (χ0) is 16.4. The molecule has 5 nitrogen and oxygen atoms in total. The lowest BCUT2D eigenvalue weighted by molar-refractivity contribution is 0.102. The van der Waals surface area contributed by atoms with Crippen LogP contribution in [0.15, 0.2) is 24.4 Å². The molecule has 1 aromatic carbocycles. The lowest BCUT2D eigenvalue weighted by Gasteiger charge is -2.16. The van der Waals surface area contributed by atoms with Gasteiger partial charge in [0.2, 0.25) is 5.95 Å². The average Bonchev–Trinajstić information content (AvgIpc) is 3.05. The molecule has 1 N–H and O–H groups in total. The third-order valence-electron chi connectivity index (χ3n) is 4.18. The smallest absolute Gasteiger partial charge is 0.274 e. The van der Waals surface area contributed by atoms with Gasteiger partial charge in [-0.25, -0.2) is 9.97 Å². The van der Waals surface area contributed by atoms with E-state index in [0.717, 1.165) is 42.7 Å². The van der Waals surface area contributed by atoms with Gasteiger partial charge in [-0.3, -0.25) is 4.79 Å². The molecule has 1 fully saturated rings. The van der Waals surface area contributed by atoms with Crippen molar-refractivity contribution in [1.29, 1.82) is 0 Å². The lowest BCUT2D eigenvalue weighted by atomic mass is 10.1. The van der Waals surface area contributed by atoms with Gasteiger partial charge in [-0.05, 0) is 50.8 Å². The zero-order valence-corrected chi connectivity index (χ0v) is 13.9. The number of carbonyl (C=O) groups excluding carboxylic acids is 1. The Labute approximate surface area is 136 Å². The molecule has 3 rings (SSSR count). The van der Waals surface area contributed by atoms with Crippen molar-refractivity contribution in [3.63, 3.8) is 0 Å². The van der Waals surface area contributed by atoms with Crippen LogP contribution in [0.2, 0.25) is 0 Å². The van der Waals surface area contributed by atoms with E-state index in [2.05, 4.69) is 39.2 Å². The fraction of sp³-hybridized carbons (Fsp3) is 0.389. The lowest BCUT2D eigenvalue weighted by Crippen LogP contribution is -2.22. The number of amides is 1. The first-order valence-corrected chi connectivity index (χ1v) is 8.02. The van der Waals surface area contributed by atoms with Gasteiger partial charge in [-0.15, -0.1) is 0 Å². The molecule has 5 heteroatoms. The van der Waals surface area contributed by atoms with Crippen molar-refractivity contribution in [3.05, 3.63) is 46.8 Å². The summed E-state index contributed by atoms with van der Waals surface area (Å²) in [6, 6.07) is 5.80. The van der Waals surface area contributed by atoms with Crippen molar-refractivity contribution in [3.8, 4) is 0 Å². The quantitative estimate of drug-likeness (QED) is 0.945. The molecule has 1 aromatic heterocycles. The average molecular weight is 310 g/mol. The Morgan fingerprint density at radius 3 is 2.43 bits per heavy atom. The number of nitrogens with zero attached hydrogens (tertiary/aromatic N) is 3. The molecule has 0 unspecified atom stereocenters. The van der Waals surface area contributed by atoms with E-state index in [1.54, 1.807) is 12.3 Å². The number of hydrogen-bond donors (Lipinski definition) is 1. The van der Waals surface area contributed by atoms with Crippen LogP contribution in [0.3, 0.4) is 0 Å². The van der Waals surface area contributed by atoms with Gasteiger partial charge in [0, 0.05) is 25.0 Å². The highest BCUT2D eigenvalue weighted by atomic mass is 16.1. The Morgan fingerprint density at radius 2 is 1.78 bits per heavy atom. The fourth-order valence-corrected chi connectivity index (χ4v) is 3.10. The third kappa shape index (κ3) is 3.33. The Balaban J connectivity index is 1.82. The van der Waals surface area contributed by atoms with E-state index in [0.29, 0.717) is 11.6 Å². The predicted octanol–water partition coefficient (Wildman–Crippen LogP) is 3.25. The summed E-state index contributed by atoms with van der Waals surface area (Å²) in [5.74, 6) is 0.454. The Hall–Kier alpha value is -2.43. The first kappa shape index (κ1) is 15.5. The van der Waals surface area contributed by atoms with E-state index in [4.69, 9.17) is 0 Å². The minimum atomic E-state index is -0.192. The van der Waals surface area contributed by atoms with Gasteiger partial charge in [-0.2, -0.15) is 0 Å². The first-order chi connectivity index (χ1) is 11.0. The normalized spacial score (nSPS) is 14.1. The van der Waals surface area contributed by atoms with Gasteiger partial charge in [0.1, 0.15) is 5.69 Å². The maximum Gasteiger partial charge on any atom is 0.274 e. The number of anilines is 2. The van der Waals surface area contributed by atoms with Crippen molar-refractivity contribution in [1.82, 2.24) is 9.97 Å². The number of aryl methyl sites for hydroxylation is 3. The van der Waals surface area contributed by atoms with E-state index in [-0.39, 0.29) is 5.91 Å². The van der Waals surface area contributed by atoms with Crippen LogP contribution in [0.25, 0.3) is 0 Å². The topological polar surface area (TPSA) is 58.1 Å². The van der Waals surface area contributed by atoms with Crippen LogP contribution in [-0.4, -0.2) is 29.0 Å². The summed E-state index contributed by atoms with van der Waals surface area (Å²) in [5.41, 5.74) is 4.58. The van der Waals surface area contributed by atoms with Gasteiger partial charge in [0.05, 0.1) is 0 Å². The van der Waals surface area contributed by atoms with Crippen LogP contribution < -0.4 is 10.2 Å². The number of carbonyl (C=O) groups is 1. The number of nitrogens with one attached hydrogen (secondary N) is 1. The summed E-state index contributed by atoms with van der Waals surface area (Å²) in [6.45, 7) is 7.98. The number of benzene rings is 1. The van der Waals surface area contributed by atoms with E-state index >= 15 is 0 Å². The molecule has 23 heavy (non-hydrogen) atoms. The van der Waals surface area contributed by atoms with E-state index in [1.165, 1.54) is 5.56 Å². The molecular formula is C18H22N4O. The van der Waals surface area contributed by atoms with E-state index in [9.17, 15) is 4.79 Å². The molecule has 0 aliphatic carbocycles. The molecular weight excluding hydrogens is 288 g/mol. The van der Waals surface area contributed by atoms with Gasteiger partial charge in [0.15, 0.2) is 0 Å². The largest absolute Gasteiger partial charge is 0.341 e. The molecule has 1 amide bonds. The zero-order valence-electron chi connectivity index (χ0n) is 13.9. The SMILES string of the molecule is Cc1cc(C)c(NC(=O)c2ccnc(N3CCCC3)n2)c(C)c1. The van der Waals surface area contributed by atoms with Crippen molar-refractivity contribution < 1.29 is 4.79 Å². The van der Waals surface area contributed by atoms with E-state index < -0.39 is 0 Å². The highest BCUT2D eigenvalue weighted by molar-refractivity contribution is 6.03. The minimum Gasteiger partial charge on any atom is -0.341 e. The Bertz CT molecular complexity index is 713. The molecule has 0 atom stereocenters. The first-order valence-electron chi connectivity index (χ1n) is 8.02. The maximum atomic E-state index is 12.6. The minimum absolute atomic E-state index is 0.192. The van der Waals surface area contributed by atoms with Gasteiger partial charge in [-0.1, -0.05) is 17.7 Å². The highest BCUT2D eigenvalue weighted by Crippen LogP contribution is 2.23.